The fraction of sp³-hybridized carbons (Fsp3) is 0.667. The molecule has 3 saturated carbocycles. The summed E-state index contributed by atoms with van der Waals surface area (Å²) in [5.41, 5.74) is 7.87. The molecule has 2 N–H and O–H groups in total. The van der Waals surface area contributed by atoms with E-state index in [0.717, 1.165) is 18.8 Å². The molecule has 5 rings (SSSR count). The van der Waals surface area contributed by atoms with E-state index < -0.39 is 0 Å². The van der Waals surface area contributed by atoms with Gasteiger partial charge in [-0.05, 0) is 49.0 Å². The van der Waals surface area contributed by atoms with Crippen LogP contribution in [0.25, 0.3) is 0 Å². The van der Waals surface area contributed by atoms with Gasteiger partial charge in [-0.1, -0.05) is 44.2 Å². The predicted octanol–water partition coefficient (Wildman–Crippen LogP) is 2.82. The highest BCUT2D eigenvalue weighted by Crippen LogP contribution is 2.65. The van der Waals surface area contributed by atoms with Crippen LogP contribution >= 0.6 is 0 Å². The first kappa shape index (κ1) is 14.7. The van der Waals surface area contributed by atoms with Crippen LogP contribution in [0, 0.1) is 17.3 Å². The molecule has 118 valence electrons. The average Bonchev–Trinajstić information content (AvgIpc) is 2.85. The van der Waals surface area contributed by atoms with E-state index in [1.807, 2.05) is 6.07 Å². The molecule has 0 aromatic heterocycles. The summed E-state index contributed by atoms with van der Waals surface area (Å²) in [6, 6.07) is 10.4. The Bertz CT molecular complexity index is 563. The molecular weight excluding hydrogens is 273 g/mol. The molecule has 0 amide bonds. The fourth-order valence-corrected chi connectivity index (χ4v) is 5.06. The quantitative estimate of drug-likeness (QED) is 0.873. The topological polar surface area (TPSA) is 44.5 Å². The highest BCUT2D eigenvalue weighted by atomic mass is 16.7. The van der Waals surface area contributed by atoms with Gasteiger partial charge in [0, 0.05) is 5.94 Å². The van der Waals surface area contributed by atoms with E-state index in [0.29, 0.717) is 11.3 Å². The van der Waals surface area contributed by atoms with Gasteiger partial charge in [0.05, 0.1) is 11.7 Å². The number of rotatable bonds is 3. The number of nitrogens with two attached hydrogens (primary N) is 1. The maximum absolute atomic E-state index is 6.43. The van der Waals surface area contributed by atoms with E-state index in [1.54, 1.807) is 0 Å². The zero-order valence-electron chi connectivity index (χ0n) is 13.8. The zero-order chi connectivity index (χ0) is 15.5. The molecule has 0 unspecified atom stereocenters. The molecule has 1 heterocycles. The summed E-state index contributed by atoms with van der Waals surface area (Å²) in [6.45, 7) is 7.01. The first-order valence-corrected chi connectivity index (χ1v) is 8.54. The summed E-state index contributed by atoms with van der Waals surface area (Å²) in [4.78, 5) is 0. The van der Waals surface area contributed by atoms with Crippen molar-refractivity contribution in [2.45, 2.75) is 57.7 Å². The lowest BCUT2D eigenvalue weighted by Crippen LogP contribution is -2.65. The van der Waals surface area contributed by atoms with E-state index in [1.165, 1.54) is 12.0 Å². The van der Waals surface area contributed by atoms with Crippen LogP contribution in [-0.4, -0.2) is 24.8 Å². The third kappa shape index (κ3) is 2.00. The molecule has 4 heteroatoms. The normalized spacial score (nSPS) is 40.0. The maximum Gasteiger partial charge on any atom is 0.475 e. The van der Waals surface area contributed by atoms with Gasteiger partial charge < -0.3 is 15.0 Å². The molecule has 1 aromatic carbocycles. The Hall–Kier alpha value is -0.835. The Morgan fingerprint density at radius 1 is 1.23 bits per heavy atom. The van der Waals surface area contributed by atoms with Crippen LogP contribution in [0.1, 0.15) is 39.2 Å². The largest absolute Gasteiger partial charge is 0.475 e. The van der Waals surface area contributed by atoms with Gasteiger partial charge in [-0.15, -0.1) is 0 Å². The first-order chi connectivity index (χ1) is 10.4. The van der Waals surface area contributed by atoms with E-state index in [4.69, 9.17) is 15.0 Å². The zero-order valence-corrected chi connectivity index (χ0v) is 13.8. The number of benzene rings is 1. The molecule has 22 heavy (non-hydrogen) atoms. The number of hydrogen-bond donors (Lipinski definition) is 1. The minimum Gasteiger partial charge on any atom is -0.404 e. The van der Waals surface area contributed by atoms with Crippen molar-refractivity contribution in [3.05, 3.63) is 35.9 Å². The third-order valence-corrected chi connectivity index (χ3v) is 6.63. The van der Waals surface area contributed by atoms with Gasteiger partial charge in [-0.25, -0.2) is 0 Å². The van der Waals surface area contributed by atoms with Crippen LogP contribution in [-0.2, 0) is 15.7 Å². The SMILES string of the molecule is CC1(C)[C@@H]2C[C@@H]3OB([C@H](N)Cc4ccccc4)O[C@@]3(C)[C@@H]1C2. The average molecular weight is 299 g/mol. The van der Waals surface area contributed by atoms with Crippen molar-refractivity contribution in [1.29, 1.82) is 0 Å². The number of hydrogen-bond acceptors (Lipinski definition) is 3. The van der Waals surface area contributed by atoms with Crippen LogP contribution in [0.3, 0.4) is 0 Å². The second-order valence-corrected chi connectivity index (χ2v) is 8.19. The van der Waals surface area contributed by atoms with E-state index in [2.05, 4.69) is 45.0 Å². The van der Waals surface area contributed by atoms with Gasteiger partial charge in [0.25, 0.3) is 0 Å². The van der Waals surface area contributed by atoms with E-state index in [-0.39, 0.29) is 24.8 Å². The van der Waals surface area contributed by atoms with Crippen molar-refractivity contribution in [2.75, 3.05) is 0 Å². The van der Waals surface area contributed by atoms with Gasteiger partial charge >= 0.3 is 7.12 Å². The molecule has 3 aliphatic carbocycles. The molecule has 1 saturated heterocycles. The Labute approximate surface area is 133 Å². The van der Waals surface area contributed by atoms with Gasteiger partial charge in [0.1, 0.15) is 0 Å². The van der Waals surface area contributed by atoms with Crippen molar-refractivity contribution < 1.29 is 9.31 Å². The van der Waals surface area contributed by atoms with Crippen molar-refractivity contribution in [1.82, 2.24) is 0 Å². The second kappa shape index (κ2) is 4.83. The summed E-state index contributed by atoms with van der Waals surface area (Å²) < 4.78 is 12.7. The van der Waals surface area contributed by atoms with Crippen molar-refractivity contribution in [2.24, 2.45) is 23.0 Å². The van der Waals surface area contributed by atoms with Crippen molar-refractivity contribution >= 4 is 7.12 Å². The maximum atomic E-state index is 6.43. The third-order valence-electron chi connectivity index (χ3n) is 6.63. The van der Waals surface area contributed by atoms with Crippen LogP contribution < -0.4 is 5.73 Å². The molecule has 5 atom stereocenters. The minimum atomic E-state index is -0.273. The van der Waals surface area contributed by atoms with Crippen LogP contribution in [0.15, 0.2) is 30.3 Å². The van der Waals surface area contributed by atoms with Crippen molar-refractivity contribution in [3.63, 3.8) is 0 Å². The molecule has 1 aliphatic heterocycles. The second-order valence-electron chi connectivity index (χ2n) is 8.19. The summed E-state index contributed by atoms with van der Waals surface area (Å²) in [5, 5.41) is 0. The molecule has 4 fully saturated rings. The highest BCUT2D eigenvalue weighted by Gasteiger charge is 2.68. The smallest absolute Gasteiger partial charge is 0.404 e. The lowest BCUT2D eigenvalue weighted by molar-refractivity contribution is -0.199. The van der Waals surface area contributed by atoms with Crippen LogP contribution in [0.4, 0.5) is 0 Å². The molecule has 2 bridgehead atoms. The molecule has 0 radical (unpaired) electrons. The van der Waals surface area contributed by atoms with Gasteiger partial charge in [0.15, 0.2) is 0 Å². The lowest BCUT2D eigenvalue weighted by Gasteiger charge is -2.64. The van der Waals surface area contributed by atoms with E-state index in [9.17, 15) is 0 Å². The Kier molecular flexibility index (Phi) is 3.23. The Balaban J connectivity index is 1.48. The molecular formula is C18H26BNO2. The minimum absolute atomic E-state index is 0.106. The standard InChI is InChI=1S/C18H26BNO2/c1-17(2)13-10-14(17)18(3)15(11-13)21-19(22-18)16(20)9-12-7-5-4-6-8-12/h4-8,13-16H,9-11,20H2,1-3H3/t13-,14+,15-,16+,18-/m0/s1. The molecule has 0 spiro atoms. The lowest BCUT2D eigenvalue weighted by atomic mass is 9.43. The first-order valence-electron chi connectivity index (χ1n) is 8.54. The predicted molar refractivity (Wildman–Crippen MR) is 88.2 cm³/mol. The molecule has 1 aromatic rings. The van der Waals surface area contributed by atoms with Gasteiger partial charge in [-0.3, -0.25) is 0 Å². The van der Waals surface area contributed by atoms with E-state index >= 15 is 0 Å². The summed E-state index contributed by atoms with van der Waals surface area (Å²) >= 11 is 0. The molecule has 4 aliphatic rings. The Morgan fingerprint density at radius 2 is 1.95 bits per heavy atom. The van der Waals surface area contributed by atoms with Crippen LogP contribution in [0.2, 0.25) is 0 Å². The summed E-state index contributed by atoms with van der Waals surface area (Å²) in [5.74, 6) is 1.27. The van der Waals surface area contributed by atoms with Gasteiger partial charge in [0.2, 0.25) is 0 Å². The fourth-order valence-electron chi connectivity index (χ4n) is 5.06. The van der Waals surface area contributed by atoms with Gasteiger partial charge in [-0.2, -0.15) is 0 Å². The monoisotopic (exact) mass is 299 g/mol. The summed E-state index contributed by atoms with van der Waals surface area (Å²) in [7, 11) is -0.273. The molecule has 3 nitrogen and oxygen atoms in total. The van der Waals surface area contributed by atoms with Crippen molar-refractivity contribution in [3.8, 4) is 0 Å². The Morgan fingerprint density at radius 3 is 2.64 bits per heavy atom. The van der Waals surface area contributed by atoms with Crippen LogP contribution in [0.5, 0.6) is 0 Å². The summed E-state index contributed by atoms with van der Waals surface area (Å²) in [6.07, 6.45) is 3.42. The highest BCUT2D eigenvalue weighted by molar-refractivity contribution is 6.47.